The lowest BCUT2D eigenvalue weighted by molar-refractivity contribution is -0.140. The first-order valence-corrected chi connectivity index (χ1v) is 9.24. The first kappa shape index (κ1) is 20.7. The summed E-state index contributed by atoms with van der Waals surface area (Å²) >= 11 is 0. The van der Waals surface area contributed by atoms with Crippen LogP contribution in [0, 0.1) is 5.92 Å². The molecule has 1 aromatic carbocycles. The van der Waals surface area contributed by atoms with Crippen LogP contribution >= 0.6 is 0 Å². The highest BCUT2D eigenvalue weighted by Gasteiger charge is 2.38. The fourth-order valence-electron chi connectivity index (χ4n) is 2.85. The monoisotopic (exact) mass is 365 g/mol. The van der Waals surface area contributed by atoms with Crippen LogP contribution in [0.25, 0.3) is 0 Å². The molecular formula is C20H31NO5. The number of ether oxygens (including phenoxy) is 3. The minimum Gasteiger partial charge on any atom is -0.444 e. The van der Waals surface area contributed by atoms with Gasteiger partial charge in [-0.1, -0.05) is 24.3 Å². The predicted molar refractivity (Wildman–Crippen MR) is 98.7 cm³/mol. The third-order valence-electron chi connectivity index (χ3n) is 4.19. The minimum atomic E-state index is -0.611. The topological polar surface area (TPSA) is 68.2 Å². The Morgan fingerprint density at radius 1 is 1.12 bits per heavy atom. The molecule has 1 aliphatic heterocycles. The zero-order valence-corrected chi connectivity index (χ0v) is 16.4. The maximum atomic E-state index is 12.0. The summed E-state index contributed by atoms with van der Waals surface area (Å²) in [5, 5.41) is 10.6. The Morgan fingerprint density at radius 2 is 1.62 bits per heavy atom. The molecule has 1 amide bonds. The van der Waals surface area contributed by atoms with Crippen LogP contribution in [0.15, 0.2) is 24.3 Å². The molecule has 1 aliphatic rings. The van der Waals surface area contributed by atoms with Crippen molar-refractivity contribution in [1.29, 1.82) is 0 Å². The Balaban J connectivity index is 1.91. The maximum Gasteiger partial charge on any atom is 0.410 e. The number of aliphatic hydroxyl groups is 1. The van der Waals surface area contributed by atoms with Gasteiger partial charge in [0.1, 0.15) is 5.60 Å². The molecular weight excluding hydrogens is 334 g/mol. The first-order chi connectivity index (χ1) is 12.2. The van der Waals surface area contributed by atoms with E-state index in [1.165, 1.54) is 0 Å². The van der Waals surface area contributed by atoms with Crippen molar-refractivity contribution in [2.75, 3.05) is 26.3 Å². The molecule has 1 heterocycles. The Hall–Kier alpha value is -1.63. The summed E-state index contributed by atoms with van der Waals surface area (Å²) in [7, 11) is 0. The number of amides is 1. The molecule has 0 saturated carbocycles. The number of hydrogen-bond acceptors (Lipinski definition) is 5. The number of hydrogen-bond donors (Lipinski definition) is 1. The second-order valence-corrected chi connectivity index (χ2v) is 7.50. The molecule has 0 aromatic heterocycles. The van der Waals surface area contributed by atoms with E-state index >= 15 is 0 Å². The third kappa shape index (κ3) is 5.43. The predicted octanol–water partition coefficient (Wildman–Crippen LogP) is 3.66. The zero-order chi connectivity index (χ0) is 19.3. The van der Waals surface area contributed by atoms with E-state index in [9.17, 15) is 9.90 Å². The van der Waals surface area contributed by atoms with Crippen molar-refractivity contribution in [3.8, 4) is 0 Å². The van der Waals surface area contributed by atoms with Crippen LogP contribution in [0.3, 0.4) is 0 Å². The van der Waals surface area contributed by atoms with Gasteiger partial charge in [0.2, 0.25) is 0 Å². The number of likely N-dealkylation sites (tertiary alicyclic amines) is 1. The average molecular weight is 365 g/mol. The molecule has 1 N–H and O–H groups in total. The van der Waals surface area contributed by atoms with Crippen molar-refractivity contribution in [2.24, 2.45) is 5.92 Å². The standard InChI is InChI=1S/C20H31NO5/c1-6-24-18(25-7-2)15-10-8-14(9-11-15)17(22)16-12-21(13-16)19(23)26-20(3,4)5/h8-11,16-18,22H,6-7,12-13H2,1-5H3. The number of carbonyl (C=O) groups is 1. The Bertz CT molecular complexity index is 569. The SMILES string of the molecule is CCOC(OCC)c1ccc(C(O)C2CN(C(=O)OC(C)(C)C)C2)cc1. The third-order valence-corrected chi connectivity index (χ3v) is 4.19. The second-order valence-electron chi connectivity index (χ2n) is 7.50. The van der Waals surface area contributed by atoms with Crippen LogP contribution in [-0.4, -0.2) is 48.0 Å². The number of rotatable bonds is 7. The van der Waals surface area contributed by atoms with Gasteiger partial charge >= 0.3 is 6.09 Å². The van der Waals surface area contributed by atoms with Gasteiger partial charge in [0.05, 0.1) is 6.10 Å². The molecule has 2 rings (SSSR count). The smallest absolute Gasteiger partial charge is 0.410 e. The van der Waals surface area contributed by atoms with E-state index in [1.807, 2.05) is 58.9 Å². The van der Waals surface area contributed by atoms with Crippen LogP contribution in [0.5, 0.6) is 0 Å². The summed E-state index contributed by atoms with van der Waals surface area (Å²) in [6.07, 6.45) is -1.32. The molecule has 1 fully saturated rings. The van der Waals surface area contributed by atoms with Crippen molar-refractivity contribution in [1.82, 2.24) is 4.90 Å². The first-order valence-electron chi connectivity index (χ1n) is 9.24. The number of nitrogens with zero attached hydrogens (tertiary/aromatic N) is 1. The van der Waals surface area contributed by atoms with E-state index in [4.69, 9.17) is 14.2 Å². The van der Waals surface area contributed by atoms with E-state index < -0.39 is 11.7 Å². The number of benzene rings is 1. The molecule has 1 atom stereocenters. The van der Waals surface area contributed by atoms with E-state index in [0.717, 1.165) is 11.1 Å². The van der Waals surface area contributed by atoms with Gasteiger partial charge in [0.25, 0.3) is 0 Å². The molecule has 1 unspecified atom stereocenters. The fraction of sp³-hybridized carbons (Fsp3) is 0.650. The zero-order valence-electron chi connectivity index (χ0n) is 16.4. The summed E-state index contributed by atoms with van der Waals surface area (Å²) in [4.78, 5) is 13.6. The molecule has 1 saturated heterocycles. The summed E-state index contributed by atoms with van der Waals surface area (Å²) in [5.74, 6) is 0.0166. The van der Waals surface area contributed by atoms with E-state index in [0.29, 0.717) is 26.3 Å². The van der Waals surface area contributed by atoms with Gasteiger partial charge in [-0.25, -0.2) is 4.79 Å². The quantitative estimate of drug-likeness (QED) is 0.747. The van der Waals surface area contributed by atoms with Gasteiger partial charge in [-0.15, -0.1) is 0 Å². The van der Waals surface area contributed by atoms with Gasteiger partial charge in [-0.3, -0.25) is 0 Å². The fourth-order valence-corrected chi connectivity index (χ4v) is 2.85. The Kier molecular flexibility index (Phi) is 7.03. The van der Waals surface area contributed by atoms with Gasteiger partial charge in [0.15, 0.2) is 6.29 Å². The normalized spacial score (nSPS) is 16.5. The molecule has 1 aromatic rings. The van der Waals surface area contributed by atoms with Crippen molar-refractivity contribution >= 4 is 6.09 Å². The van der Waals surface area contributed by atoms with Gasteiger partial charge in [0, 0.05) is 37.8 Å². The van der Waals surface area contributed by atoms with Crippen molar-refractivity contribution < 1.29 is 24.1 Å². The lowest BCUT2D eigenvalue weighted by atomic mass is 9.89. The van der Waals surface area contributed by atoms with Gasteiger partial charge < -0.3 is 24.2 Å². The highest BCUT2D eigenvalue weighted by molar-refractivity contribution is 5.69. The Labute approximate surface area is 156 Å². The van der Waals surface area contributed by atoms with Crippen LogP contribution in [0.4, 0.5) is 4.79 Å². The van der Waals surface area contributed by atoms with Crippen molar-refractivity contribution in [3.05, 3.63) is 35.4 Å². The highest BCUT2D eigenvalue weighted by atomic mass is 16.7. The van der Waals surface area contributed by atoms with E-state index in [2.05, 4.69) is 0 Å². The molecule has 0 spiro atoms. The molecule has 6 nitrogen and oxygen atoms in total. The number of aliphatic hydroxyl groups excluding tert-OH is 1. The maximum absolute atomic E-state index is 12.0. The van der Waals surface area contributed by atoms with Crippen molar-refractivity contribution in [3.63, 3.8) is 0 Å². The lowest BCUT2D eigenvalue weighted by Gasteiger charge is -2.42. The van der Waals surface area contributed by atoms with Gasteiger partial charge in [-0.05, 0) is 40.2 Å². The molecule has 0 bridgehead atoms. The molecule has 0 radical (unpaired) electrons. The second kappa shape index (κ2) is 8.84. The Morgan fingerprint density at radius 3 is 2.08 bits per heavy atom. The molecule has 0 aliphatic carbocycles. The summed E-state index contributed by atoms with van der Waals surface area (Å²) < 4.78 is 16.5. The number of carbonyl (C=O) groups excluding carboxylic acids is 1. The summed E-state index contributed by atoms with van der Waals surface area (Å²) in [6.45, 7) is 11.5. The summed E-state index contributed by atoms with van der Waals surface area (Å²) in [6, 6.07) is 7.61. The molecule has 6 heteroatoms. The lowest BCUT2D eigenvalue weighted by Crippen LogP contribution is -2.53. The van der Waals surface area contributed by atoms with Gasteiger partial charge in [-0.2, -0.15) is 0 Å². The van der Waals surface area contributed by atoms with Crippen LogP contribution < -0.4 is 0 Å². The highest BCUT2D eigenvalue weighted by Crippen LogP contribution is 2.32. The van der Waals surface area contributed by atoms with Crippen LogP contribution in [0.2, 0.25) is 0 Å². The minimum absolute atomic E-state index is 0.0166. The molecule has 146 valence electrons. The molecule has 26 heavy (non-hydrogen) atoms. The average Bonchev–Trinajstić information content (AvgIpc) is 2.51. The van der Waals surface area contributed by atoms with E-state index in [-0.39, 0.29) is 18.3 Å². The van der Waals surface area contributed by atoms with Crippen LogP contribution in [0.1, 0.15) is 58.1 Å². The van der Waals surface area contributed by atoms with Crippen molar-refractivity contribution in [2.45, 2.75) is 52.6 Å². The van der Waals surface area contributed by atoms with E-state index in [1.54, 1.807) is 4.90 Å². The largest absolute Gasteiger partial charge is 0.444 e. The van der Waals surface area contributed by atoms with Crippen LogP contribution in [-0.2, 0) is 14.2 Å². The summed E-state index contributed by atoms with van der Waals surface area (Å²) in [5.41, 5.74) is 1.25.